The van der Waals surface area contributed by atoms with Crippen molar-refractivity contribution in [2.75, 3.05) is 36.0 Å². The summed E-state index contributed by atoms with van der Waals surface area (Å²) < 4.78 is 24.5. The van der Waals surface area contributed by atoms with E-state index in [1.54, 1.807) is 54.5 Å². The smallest absolute Gasteiger partial charge is 0.437 e. The van der Waals surface area contributed by atoms with Gasteiger partial charge in [-0.2, -0.15) is 5.10 Å². The van der Waals surface area contributed by atoms with Crippen molar-refractivity contribution >= 4 is 68.6 Å². The Kier molecular flexibility index (Phi) is 11.3. The average molecular weight is 822 g/mol. The number of alkyl carbamates (subject to hydrolysis) is 1. The van der Waals surface area contributed by atoms with E-state index in [-0.39, 0.29) is 51.8 Å². The maximum absolute atomic E-state index is 13.6. The van der Waals surface area contributed by atoms with Crippen LogP contribution < -0.4 is 15.1 Å². The van der Waals surface area contributed by atoms with Crippen molar-refractivity contribution in [3.8, 4) is 11.3 Å². The Balaban J connectivity index is 1.52. The van der Waals surface area contributed by atoms with Crippen molar-refractivity contribution in [3.63, 3.8) is 0 Å². The van der Waals surface area contributed by atoms with Crippen molar-refractivity contribution in [1.82, 2.24) is 30.0 Å². The minimum atomic E-state index is -0.830. The first-order valence-electron chi connectivity index (χ1n) is 17.7. The van der Waals surface area contributed by atoms with Crippen LogP contribution in [0.25, 0.3) is 22.4 Å². The quantitative estimate of drug-likeness (QED) is 0.250. The Morgan fingerprint density at radius 1 is 1.02 bits per heavy atom. The van der Waals surface area contributed by atoms with Gasteiger partial charge >= 0.3 is 18.3 Å². The molecule has 2 aliphatic rings. The van der Waals surface area contributed by atoms with E-state index in [1.807, 2.05) is 27.7 Å². The van der Waals surface area contributed by atoms with Crippen LogP contribution >= 0.6 is 27.5 Å². The molecule has 0 saturated carbocycles. The number of hydrogen-bond acceptors (Lipinski definition) is 12. The predicted octanol–water partition coefficient (Wildman–Crippen LogP) is 7.75. The van der Waals surface area contributed by atoms with Gasteiger partial charge in [0, 0.05) is 36.8 Å². The van der Waals surface area contributed by atoms with Gasteiger partial charge in [0.25, 0.3) is 0 Å². The Hall–Kier alpha value is -3.76. The van der Waals surface area contributed by atoms with Gasteiger partial charge in [-0.15, -0.1) is 4.68 Å². The van der Waals surface area contributed by atoms with Crippen LogP contribution in [-0.2, 0) is 18.9 Å². The molecular weight excluding hydrogens is 772 g/mol. The number of aromatic nitrogens is 5. The summed E-state index contributed by atoms with van der Waals surface area (Å²) in [6.07, 6.45) is 0.866. The average Bonchev–Trinajstić information content (AvgIpc) is 3.53. The summed E-state index contributed by atoms with van der Waals surface area (Å²) in [5.74, 6) is 0.673. The molecule has 5 heterocycles. The van der Waals surface area contributed by atoms with Crippen molar-refractivity contribution in [3.05, 3.63) is 21.9 Å². The molecule has 2 aliphatic heterocycles. The van der Waals surface area contributed by atoms with Crippen LogP contribution in [0.4, 0.5) is 26.0 Å². The maximum Gasteiger partial charge on any atom is 0.437 e. The molecule has 290 valence electrons. The van der Waals surface area contributed by atoms with E-state index in [1.165, 1.54) is 11.1 Å². The first kappa shape index (κ1) is 40.4. The van der Waals surface area contributed by atoms with E-state index in [0.717, 1.165) is 4.68 Å². The highest BCUT2D eigenvalue weighted by atomic mass is 79.9. The fourth-order valence-electron chi connectivity index (χ4n) is 6.51. The zero-order valence-electron chi connectivity index (χ0n) is 32.3. The highest BCUT2D eigenvalue weighted by Crippen LogP contribution is 2.44. The molecule has 17 heteroatoms. The van der Waals surface area contributed by atoms with Crippen molar-refractivity contribution < 1.29 is 33.3 Å². The molecule has 3 aromatic rings. The maximum atomic E-state index is 13.6. The monoisotopic (exact) mass is 820 g/mol. The van der Waals surface area contributed by atoms with Gasteiger partial charge in [0.1, 0.15) is 32.6 Å². The Morgan fingerprint density at radius 3 is 2.23 bits per heavy atom. The Morgan fingerprint density at radius 2 is 1.64 bits per heavy atom. The number of nitrogens with zero attached hydrogens (tertiary/aromatic N) is 7. The molecule has 15 nitrogen and oxygen atoms in total. The van der Waals surface area contributed by atoms with Crippen molar-refractivity contribution in [1.29, 1.82) is 0 Å². The standard InChI is InChI=1S/C36H50BrClN8O7/c1-12-45(31(48)52-34(6,7)8)27-22(38)21(13-16-39-27)23-24-28(46(43-23)32(49)53-35(9,10)11)42-29(26(37)40-24)44-17-14-36(15-18-44)19-50-20(2)25(36)41-30(47)51-33(3,4)5/h13,16,20,25H,12,14-15,17-19H2,1-11H3,(H,41,47)/t20-,25+/m0/s1. The SMILES string of the molecule is CCN(C(=O)OC(C)(C)C)c1nccc(-c2nn(C(=O)OC(C)(C)C)c3nc(N4CCC5(CC4)CO[C@@H](C)[C@H]5NC(=O)OC(C)(C)C)c(Br)nc23)c1Cl. The Bertz CT molecular complexity index is 1880. The van der Waals surface area contributed by atoms with Crippen LogP contribution in [-0.4, -0.2) is 98.2 Å². The first-order chi connectivity index (χ1) is 24.5. The number of hydrogen-bond donors (Lipinski definition) is 1. The van der Waals surface area contributed by atoms with E-state index in [0.29, 0.717) is 48.5 Å². The molecule has 2 atom stereocenters. The summed E-state index contributed by atoms with van der Waals surface area (Å²) in [5.41, 5.74) is -1.45. The number of pyridine rings is 1. The number of anilines is 2. The van der Waals surface area contributed by atoms with Gasteiger partial charge in [0.2, 0.25) is 0 Å². The lowest BCUT2D eigenvalue weighted by molar-refractivity contribution is 0.0432. The summed E-state index contributed by atoms with van der Waals surface area (Å²) in [4.78, 5) is 57.2. The van der Waals surface area contributed by atoms with Gasteiger partial charge in [0.15, 0.2) is 17.3 Å². The molecule has 0 aliphatic carbocycles. The van der Waals surface area contributed by atoms with Gasteiger partial charge in [0.05, 0.1) is 23.8 Å². The molecule has 1 spiro atoms. The second-order valence-corrected chi connectivity index (χ2v) is 17.6. The van der Waals surface area contributed by atoms with E-state index in [9.17, 15) is 14.4 Å². The first-order valence-corrected chi connectivity index (χ1v) is 18.9. The van der Waals surface area contributed by atoms with E-state index in [4.69, 9.17) is 40.5 Å². The zero-order chi connectivity index (χ0) is 39.3. The number of ether oxygens (including phenoxy) is 4. The van der Waals surface area contributed by atoms with E-state index >= 15 is 0 Å². The molecule has 0 unspecified atom stereocenters. The Labute approximate surface area is 323 Å². The van der Waals surface area contributed by atoms with Crippen molar-refractivity contribution in [2.45, 2.75) is 118 Å². The third-order valence-electron chi connectivity index (χ3n) is 8.81. The highest BCUT2D eigenvalue weighted by molar-refractivity contribution is 9.10. The fourth-order valence-corrected chi connectivity index (χ4v) is 7.33. The fraction of sp³-hybridized carbons (Fsp3) is 0.639. The summed E-state index contributed by atoms with van der Waals surface area (Å²) in [6, 6.07) is 1.40. The molecule has 0 radical (unpaired) electrons. The predicted molar refractivity (Wildman–Crippen MR) is 205 cm³/mol. The molecule has 5 rings (SSSR count). The van der Waals surface area contributed by atoms with Gasteiger partial charge < -0.3 is 29.2 Å². The molecule has 53 heavy (non-hydrogen) atoms. The number of carbonyl (C=O) groups excluding carboxylic acids is 3. The number of carbonyl (C=O) groups is 3. The van der Waals surface area contributed by atoms with Crippen molar-refractivity contribution in [2.24, 2.45) is 5.41 Å². The third kappa shape index (κ3) is 8.97. The zero-order valence-corrected chi connectivity index (χ0v) is 34.6. The minimum Gasteiger partial charge on any atom is -0.444 e. The summed E-state index contributed by atoms with van der Waals surface area (Å²) in [5, 5.41) is 7.85. The molecule has 3 aromatic heterocycles. The molecule has 1 N–H and O–H groups in total. The third-order valence-corrected chi connectivity index (χ3v) is 9.72. The van der Waals surface area contributed by atoms with Crippen LogP contribution in [0.1, 0.15) is 89.0 Å². The van der Waals surface area contributed by atoms with Crippen LogP contribution in [0, 0.1) is 5.41 Å². The molecule has 0 aromatic carbocycles. The molecule has 2 amide bonds. The molecule has 0 bridgehead atoms. The van der Waals surface area contributed by atoms with Gasteiger partial charge in [-0.1, -0.05) is 11.6 Å². The summed E-state index contributed by atoms with van der Waals surface area (Å²) in [6.45, 7) is 21.7. The van der Waals surface area contributed by atoms with Crippen LogP contribution in [0.3, 0.4) is 0 Å². The van der Waals surface area contributed by atoms with Gasteiger partial charge in [-0.3, -0.25) is 4.90 Å². The number of nitrogens with one attached hydrogen (secondary N) is 1. The molecule has 2 fully saturated rings. The van der Waals surface area contributed by atoms with Gasteiger partial charge in [-0.25, -0.2) is 29.3 Å². The molecule has 2 saturated heterocycles. The van der Waals surface area contributed by atoms with E-state index in [2.05, 4.69) is 36.2 Å². The second kappa shape index (κ2) is 14.8. The minimum absolute atomic E-state index is 0.113. The van der Waals surface area contributed by atoms with Crippen LogP contribution in [0.2, 0.25) is 5.02 Å². The van der Waals surface area contributed by atoms with Crippen LogP contribution in [0.5, 0.6) is 0 Å². The summed E-state index contributed by atoms with van der Waals surface area (Å²) >= 11 is 10.6. The topological polar surface area (TPSA) is 163 Å². The largest absolute Gasteiger partial charge is 0.444 e. The number of halogens is 2. The lowest BCUT2D eigenvalue weighted by atomic mass is 9.73. The molecular formula is C36H50BrClN8O7. The second-order valence-electron chi connectivity index (χ2n) is 16.5. The van der Waals surface area contributed by atoms with Crippen LogP contribution in [0.15, 0.2) is 16.9 Å². The number of piperidine rings is 1. The number of amides is 2. The number of rotatable bonds is 5. The lowest BCUT2D eigenvalue weighted by Gasteiger charge is -2.43. The normalized spacial score (nSPS) is 19.0. The number of fused-ring (bicyclic) bond motifs is 1. The van der Waals surface area contributed by atoms with Gasteiger partial charge in [-0.05, 0) is 111 Å². The summed E-state index contributed by atoms with van der Waals surface area (Å²) in [7, 11) is 0. The highest BCUT2D eigenvalue weighted by Gasteiger charge is 2.51. The lowest BCUT2D eigenvalue weighted by Crippen LogP contribution is -2.55. The van der Waals surface area contributed by atoms with E-state index < -0.39 is 35.1 Å².